The lowest BCUT2D eigenvalue weighted by molar-refractivity contribution is 0.316. The zero-order valence-electron chi connectivity index (χ0n) is 12.4. The molecule has 0 unspecified atom stereocenters. The summed E-state index contributed by atoms with van der Waals surface area (Å²) in [5, 5.41) is 8.96. The molecule has 21 heavy (non-hydrogen) atoms. The van der Waals surface area contributed by atoms with E-state index in [9.17, 15) is 0 Å². The van der Waals surface area contributed by atoms with E-state index in [1.54, 1.807) is 12.3 Å². The van der Waals surface area contributed by atoms with E-state index in [1.807, 2.05) is 42.3 Å². The molecular formula is C17H19N3O. The molecule has 0 spiro atoms. The van der Waals surface area contributed by atoms with Crippen molar-refractivity contribution in [3.63, 3.8) is 0 Å². The Morgan fingerprint density at radius 1 is 1.29 bits per heavy atom. The van der Waals surface area contributed by atoms with E-state index < -0.39 is 0 Å². The molecule has 0 radical (unpaired) electrons. The number of nitriles is 1. The summed E-state index contributed by atoms with van der Waals surface area (Å²) in [5.41, 5.74) is 1.74. The van der Waals surface area contributed by atoms with Crippen LogP contribution in [0.15, 0.2) is 42.6 Å². The summed E-state index contributed by atoms with van der Waals surface area (Å²) in [5.74, 6) is 1.60. The molecule has 4 nitrogen and oxygen atoms in total. The Balaban J connectivity index is 2.16. The molecule has 0 aliphatic rings. The highest BCUT2D eigenvalue weighted by Gasteiger charge is 2.10. The molecule has 1 aromatic carbocycles. The lowest BCUT2D eigenvalue weighted by atomic mass is 10.1. The lowest BCUT2D eigenvalue weighted by Crippen LogP contribution is -2.19. The van der Waals surface area contributed by atoms with Gasteiger partial charge in [-0.2, -0.15) is 5.26 Å². The number of anilines is 1. The Morgan fingerprint density at radius 3 is 2.90 bits per heavy atom. The number of hydrogen-bond donors (Lipinski definition) is 0. The zero-order valence-corrected chi connectivity index (χ0v) is 12.4. The minimum absolute atomic E-state index is 0.671. The predicted octanol–water partition coefficient (Wildman–Crippen LogP) is 3.38. The van der Waals surface area contributed by atoms with E-state index in [-0.39, 0.29) is 0 Å². The van der Waals surface area contributed by atoms with Gasteiger partial charge in [-0.15, -0.1) is 0 Å². The van der Waals surface area contributed by atoms with Crippen LogP contribution in [0.4, 0.5) is 5.82 Å². The molecule has 2 aromatic rings. The highest BCUT2D eigenvalue weighted by Crippen LogP contribution is 2.25. The molecular weight excluding hydrogens is 262 g/mol. The molecule has 0 saturated heterocycles. The second-order valence-electron chi connectivity index (χ2n) is 4.84. The van der Waals surface area contributed by atoms with Crippen LogP contribution in [0.25, 0.3) is 0 Å². The van der Waals surface area contributed by atoms with Crippen molar-refractivity contribution in [1.82, 2.24) is 4.98 Å². The van der Waals surface area contributed by atoms with Gasteiger partial charge >= 0.3 is 0 Å². The Kier molecular flexibility index (Phi) is 5.16. The molecule has 0 saturated carbocycles. The lowest BCUT2D eigenvalue weighted by Gasteiger charge is -2.21. The van der Waals surface area contributed by atoms with Crippen LogP contribution in [0, 0.1) is 11.3 Å². The number of benzene rings is 1. The van der Waals surface area contributed by atoms with Crippen molar-refractivity contribution >= 4 is 5.82 Å². The van der Waals surface area contributed by atoms with Crippen LogP contribution in [-0.2, 0) is 6.54 Å². The topological polar surface area (TPSA) is 49.1 Å². The van der Waals surface area contributed by atoms with E-state index in [1.165, 1.54) is 0 Å². The maximum atomic E-state index is 8.96. The minimum atomic E-state index is 0.671. The second kappa shape index (κ2) is 7.30. The first kappa shape index (κ1) is 14.9. The fourth-order valence-electron chi connectivity index (χ4n) is 2.08. The SMILES string of the molecule is CCCOc1cccnc1N(C)Cc1cccc(C#N)c1. The molecule has 108 valence electrons. The monoisotopic (exact) mass is 281 g/mol. The quantitative estimate of drug-likeness (QED) is 0.814. The van der Waals surface area contributed by atoms with Gasteiger partial charge in [-0.05, 0) is 36.2 Å². The van der Waals surface area contributed by atoms with E-state index in [0.717, 1.165) is 23.6 Å². The fourth-order valence-corrected chi connectivity index (χ4v) is 2.08. The van der Waals surface area contributed by atoms with Crippen molar-refractivity contribution in [3.8, 4) is 11.8 Å². The smallest absolute Gasteiger partial charge is 0.171 e. The fraction of sp³-hybridized carbons (Fsp3) is 0.294. The molecule has 0 fully saturated rings. The number of aromatic nitrogens is 1. The molecule has 0 aliphatic heterocycles. The number of rotatable bonds is 6. The van der Waals surface area contributed by atoms with Crippen LogP contribution in [-0.4, -0.2) is 18.6 Å². The third kappa shape index (κ3) is 3.96. The maximum Gasteiger partial charge on any atom is 0.171 e. The summed E-state index contributed by atoms with van der Waals surface area (Å²) < 4.78 is 5.73. The van der Waals surface area contributed by atoms with Crippen molar-refractivity contribution in [2.24, 2.45) is 0 Å². The van der Waals surface area contributed by atoms with E-state index in [2.05, 4.69) is 18.0 Å². The Bertz CT molecular complexity index is 634. The largest absolute Gasteiger partial charge is 0.490 e. The highest BCUT2D eigenvalue weighted by molar-refractivity contribution is 5.52. The molecule has 1 heterocycles. The number of ether oxygens (including phenoxy) is 1. The summed E-state index contributed by atoms with van der Waals surface area (Å²) in [6, 6.07) is 13.6. The van der Waals surface area contributed by atoms with Gasteiger partial charge in [0, 0.05) is 19.8 Å². The highest BCUT2D eigenvalue weighted by atomic mass is 16.5. The summed E-state index contributed by atoms with van der Waals surface area (Å²) in [4.78, 5) is 6.44. The van der Waals surface area contributed by atoms with Gasteiger partial charge in [-0.25, -0.2) is 4.98 Å². The van der Waals surface area contributed by atoms with E-state index in [4.69, 9.17) is 10.00 Å². The first-order valence-electron chi connectivity index (χ1n) is 7.02. The summed E-state index contributed by atoms with van der Waals surface area (Å²) >= 11 is 0. The minimum Gasteiger partial charge on any atom is -0.490 e. The molecule has 0 N–H and O–H groups in total. The van der Waals surface area contributed by atoms with Gasteiger partial charge in [0.2, 0.25) is 0 Å². The van der Waals surface area contributed by atoms with E-state index >= 15 is 0 Å². The third-order valence-corrected chi connectivity index (χ3v) is 3.05. The normalized spacial score (nSPS) is 9.95. The maximum absolute atomic E-state index is 8.96. The third-order valence-electron chi connectivity index (χ3n) is 3.05. The molecule has 0 bridgehead atoms. The molecule has 0 atom stereocenters. The van der Waals surface area contributed by atoms with Gasteiger partial charge in [0.05, 0.1) is 18.2 Å². The second-order valence-corrected chi connectivity index (χ2v) is 4.84. The van der Waals surface area contributed by atoms with Crippen LogP contribution in [0.2, 0.25) is 0 Å². The van der Waals surface area contributed by atoms with Crippen molar-refractivity contribution in [2.75, 3.05) is 18.6 Å². The molecule has 0 aliphatic carbocycles. The zero-order chi connectivity index (χ0) is 15.1. The van der Waals surface area contributed by atoms with Gasteiger partial charge in [-0.1, -0.05) is 19.1 Å². The molecule has 2 rings (SSSR count). The summed E-state index contributed by atoms with van der Waals surface area (Å²) in [7, 11) is 1.97. The van der Waals surface area contributed by atoms with Crippen LogP contribution < -0.4 is 9.64 Å². The Morgan fingerprint density at radius 2 is 2.14 bits per heavy atom. The standard InChI is InChI=1S/C17H19N3O/c1-3-10-21-16-8-5-9-19-17(16)20(2)13-15-7-4-6-14(11-15)12-18/h4-9,11H,3,10,13H2,1-2H3. The van der Waals surface area contributed by atoms with Gasteiger partial charge < -0.3 is 9.64 Å². The molecule has 4 heteroatoms. The first-order valence-corrected chi connectivity index (χ1v) is 7.02. The number of pyridine rings is 1. The Hall–Kier alpha value is -2.54. The van der Waals surface area contributed by atoms with Gasteiger partial charge in [0.1, 0.15) is 0 Å². The number of hydrogen-bond acceptors (Lipinski definition) is 4. The number of nitrogens with zero attached hydrogens (tertiary/aromatic N) is 3. The van der Waals surface area contributed by atoms with E-state index in [0.29, 0.717) is 18.7 Å². The first-order chi connectivity index (χ1) is 10.2. The molecule has 0 amide bonds. The van der Waals surface area contributed by atoms with Crippen molar-refractivity contribution in [1.29, 1.82) is 5.26 Å². The average Bonchev–Trinajstić information content (AvgIpc) is 2.53. The van der Waals surface area contributed by atoms with Gasteiger partial charge in [-0.3, -0.25) is 0 Å². The van der Waals surface area contributed by atoms with Gasteiger partial charge in [0.15, 0.2) is 11.6 Å². The van der Waals surface area contributed by atoms with Crippen LogP contribution in [0.5, 0.6) is 5.75 Å². The van der Waals surface area contributed by atoms with Crippen molar-refractivity contribution < 1.29 is 4.74 Å². The summed E-state index contributed by atoms with van der Waals surface area (Å²) in [6.45, 7) is 3.43. The summed E-state index contributed by atoms with van der Waals surface area (Å²) in [6.07, 6.45) is 2.72. The van der Waals surface area contributed by atoms with Crippen LogP contribution >= 0.6 is 0 Å². The van der Waals surface area contributed by atoms with Crippen LogP contribution in [0.3, 0.4) is 0 Å². The molecule has 1 aromatic heterocycles. The van der Waals surface area contributed by atoms with Crippen molar-refractivity contribution in [2.45, 2.75) is 19.9 Å². The average molecular weight is 281 g/mol. The van der Waals surface area contributed by atoms with Crippen LogP contribution in [0.1, 0.15) is 24.5 Å². The Labute approximate surface area is 125 Å². The van der Waals surface area contributed by atoms with Crippen molar-refractivity contribution in [3.05, 3.63) is 53.7 Å². The van der Waals surface area contributed by atoms with Gasteiger partial charge in [0.25, 0.3) is 0 Å². The predicted molar refractivity (Wildman–Crippen MR) is 83.3 cm³/mol.